The van der Waals surface area contributed by atoms with Crippen LogP contribution in [0.1, 0.15) is 43.0 Å². The van der Waals surface area contributed by atoms with Gasteiger partial charge in [-0.2, -0.15) is 0 Å². The zero-order valence-electron chi connectivity index (χ0n) is 17.9. The highest BCUT2D eigenvalue weighted by Gasteiger charge is 2.37. The molecule has 0 aliphatic heterocycles. The normalized spacial score (nSPS) is 12.6. The van der Waals surface area contributed by atoms with Crippen LogP contribution in [0.2, 0.25) is 18.1 Å². The maximum absolute atomic E-state index is 6.36. The Balaban J connectivity index is 1.91. The molecule has 146 valence electrons. The van der Waals surface area contributed by atoms with Gasteiger partial charge in [0.2, 0.25) is 0 Å². The molecular weight excluding hydrogens is 348 g/mol. The Morgan fingerprint density at radius 2 is 1.63 bits per heavy atom. The largest absolute Gasteiger partial charge is 0.490 e. The molecule has 0 aliphatic rings. The monoisotopic (exact) mass is 382 g/mol. The molecule has 0 saturated carbocycles. The molecule has 0 aliphatic carbocycles. The van der Waals surface area contributed by atoms with Gasteiger partial charge in [-0.15, -0.1) is 0 Å². The first-order chi connectivity index (χ1) is 12.6. The molecule has 0 saturated heterocycles. The molecular formula is C24H34O2Si. The van der Waals surface area contributed by atoms with Gasteiger partial charge in [0, 0.05) is 0 Å². The van der Waals surface area contributed by atoms with E-state index in [0.717, 1.165) is 5.75 Å². The lowest BCUT2D eigenvalue weighted by Crippen LogP contribution is -2.40. The van der Waals surface area contributed by atoms with E-state index in [4.69, 9.17) is 9.16 Å². The fourth-order valence-corrected chi connectivity index (χ4v) is 3.37. The molecule has 2 rings (SSSR count). The van der Waals surface area contributed by atoms with Crippen LogP contribution in [-0.2, 0) is 11.0 Å². The molecule has 27 heavy (non-hydrogen) atoms. The van der Waals surface area contributed by atoms with Crippen LogP contribution in [-0.4, -0.2) is 14.9 Å². The third-order valence-corrected chi connectivity index (χ3v) is 9.92. The summed E-state index contributed by atoms with van der Waals surface area (Å²) in [5.74, 6) is 0.902. The number of aryl methyl sites for hydroxylation is 2. The molecule has 0 heterocycles. The van der Waals surface area contributed by atoms with E-state index < -0.39 is 8.32 Å². The van der Waals surface area contributed by atoms with Crippen LogP contribution in [0, 0.1) is 13.8 Å². The summed E-state index contributed by atoms with van der Waals surface area (Å²) >= 11 is 0. The Kier molecular flexibility index (Phi) is 7.07. The van der Waals surface area contributed by atoms with Crippen LogP contribution in [0.3, 0.4) is 0 Å². The zero-order valence-corrected chi connectivity index (χ0v) is 18.9. The van der Waals surface area contributed by atoms with Crippen LogP contribution in [0.25, 0.3) is 6.08 Å². The lowest BCUT2D eigenvalue weighted by Gasteiger charge is -2.36. The maximum Gasteiger partial charge on any atom is 0.192 e. The zero-order chi connectivity index (χ0) is 20.1. The van der Waals surface area contributed by atoms with E-state index in [9.17, 15) is 0 Å². The highest BCUT2D eigenvalue weighted by atomic mass is 28.4. The van der Waals surface area contributed by atoms with E-state index >= 15 is 0 Å². The van der Waals surface area contributed by atoms with Crippen LogP contribution in [0.4, 0.5) is 0 Å². The minimum atomic E-state index is -1.72. The third kappa shape index (κ3) is 6.37. The van der Waals surface area contributed by atoms with Crippen molar-refractivity contribution < 1.29 is 9.16 Å². The summed E-state index contributed by atoms with van der Waals surface area (Å²) in [5.41, 5.74) is 4.98. The molecule has 0 unspecified atom stereocenters. The Hall–Kier alpha value is -1.84. The number of benzene rings is 2. The summed E-state index contributed by atoms with van der Waals surface area (Å²) in [4.78, 5) is 0. The summed E-state index contributed by atoms with van der Waals surface area (Å²) in [6.07, 6.45) is 4.17. The van der Waals surface area contributed by atoms with Crippen molar-refractivity contribution in [2.24, 2.45) is 0 Å². The summed E-state index contributed by atoms with van der Waals surface area (Å²) in [6.45, 7) is 16.9. The van der Waals surface area contributed by atoms with Crippen LogP contribution >= 0.6 is 0 Å². The maximum atomic E-state index is 6.36. The highest BCUT2D eigenvalue weighted by Crippen LogP contribution is 2.37. The Morgan fingerprint density at radius 3 is 2.22 bits per heavy atom. The van der Waals surface area contributed by atoms with Gasteiger partial charge in [-0.05, 0) is 66.9 Å². The SMILES string of the molecule is Cc1ccc(OCC=Cc2ccc(CO[Si](C)(C)C(C)(C)C)c(C)c2)cc1. The molecule has 0 N–H and O–H groups in total. The van der Waals surface area contributed by atoms with Gasteiger partial charge >= 0.3 is 0 Å². The Labute approximate surface area is 166 Å². The molecule has 0 aromatic heterocycles. The molecule has 3 heteroatoms. The van der Waals surface area contributed by atoms with Gasteiger partial charge in [-0.3, -0.25) is 0 Å². The molecule has 2 aromatic carbocycles. The molecule has 2 nitrogen and oxygen atoms in total. The first-order valence-electron chi connectivity index (χ1n) is 9.68. The predicted octanol–water partition coefficient (Wildman–Crippen LogP) is 6.92. The minimum Gasteiger partial charge on any atom is -0.490 e. The predicted molar refractivity (Wildman–Crippen MR) is 119 cm³/mol. The van der Waals surface area contributed by atoms with Crippen molar-refractivity contribution in [3.05, 3.63) is 70.8 Å². The van der Waals surface area contributed by atoms with Gasteiger partial charge in [-0.1, -0.05) is 62.7 Å². The Bertz CT molecular complexity index is 768. The van der Waals surface area contributed by atoms with E-state index in [1.165, 1.54) is 22.3 Å². The van der Waals surface area contributed by atoms with Gasteiger partial charge in [0.25, 0.3) is 0 Å². The molecule has 0 radical (unpaired) electrons. The van der Waals surface area contributed by atoms with Gasteiger partial charge in [-0.25, -0.2) is 0 Å². The van der Waals surface area contributed by atoms with E-state index in [-0.39, 0.29) is 5.04 Å². The summed E-state index contributed by atoms with van der Waals surface area (Å²) < 4.78 is 12.1. The average Bonchev–Trinajstić information content (AvgIpc) is 2.58. The first kappa shape index (κ1) is 21.5. The molecule has 0 spiro atoms. The van der Waals surface area contributed by atoms with Crippen LogP contribution in [0.5, 0.6) is 5.75 Å². The molecule has 2 aromatic rings. The second kappa shape index (κ2) is 8.90. The smallest absolute Gasteiger partial charge is 0.192 e. The Morgan fingerprint density at radius 1 is 0.963 bits per heavy atom. The summed E-state index contributed by atoms with van der Waals surface area (Å²) in [5, 5.41) is 0.237. The van der Waals surface area contributed by atoms with E-state index in [1.54, 1.807) is 0 Å². The van der Waals surface area contributed by atoms with Gasteiger partial charge in [0.1, 0.15) is 12.4 Å². The van der Waals surface area contributed by atoms with Gasteiger partial charge in [0.05, 0.1) is 6.61 Å². The summed E-state index contributed by atoms with van der Waals surface area (Å²) in [7, 11) is -1.72. The summed E-state index contributed by atoms with van der Waals surface area (Å²) in [6, 6.07) is 14.7. The van der Waals surface area contributed by atoms with Crippen molar-refractivity contribution in [3.8, 4) is 5.75 Å². The van der Waals surface area contributed by atoms with Crippen molar-refractivity contribution in [3.63, 3.8) is 0 Å². The van der Waals surface area contributed by atoms with Crippen molar-refractivity contribution in [2.75, 3.05) is 6.61 Å². The average molecular weight is 383 g/mol. The van der Waals surface area contributed by atoms with E-state index in [2.05, 4.69) is 90.2 Å². The number of hydrogen-bond donors (Lipinski definition) is 0. The quantitative estimate of drug-likeness (QED) is 0.484. The topological polar surface area (TPSA) is 18.5 Å². The van der Waals surface area contributed by atoms with Crippen molar-refractivity contribution in [2.45, 2.75) is 59.4 Å². The molecule has 0 bridgehead atoms. The molecule has 0 amide bonds. The van der Waals surface area contributed by atoms with Gasteiger partial charge in [0.15, 0.2) is 8.32 Å². The van der Waals surface area contributed by atoms with Crippen LogP contribution in [0.15, 0.2) is 48.5 Å². The number of ether oxygens (including phenoxy) is 1. The molecule has 0 fully saturated rings. The highest BCUT2D eigenvalue weighted by molar-refractivity contribution is 6.74. The second-order valence-corrected chi connectivity index (χ2v) is 13.6. The number of rotatable bonds is 7. The molecule has 0 atom stereocenters. The van der Waals surface area contributed by atoms with E-state index in [0.29, 0.717) is 13.2 Å². The van der Waals surface area contributed by atoms with Crippen molar-refractivity contribution >= 4 is 14.4 Å². The number of hydrogen-bond acceptors (Lipinski definition) is 2. The standard InChI is InChI=1S/C24H34O2Si/c1-19-10-14-23(15-11-19)25-16-8-9-21-12-13-22(20(2)17-21)18-26-27(6,7)24(3,4)5/h8-15,17H,16,18H2,1-7H3. The van der Waals surface area contributed by atoms with E-state index in [1.807, 2.05) is 12.1 Å². The van der Waals surface area contributed by atoms with Crippen molar-refractivity contribution in [1.82, 2.24) is 0 Å². The fraction of sp³-hybridized carbons (Fsp3) is 0.417. The lowest BCUT2D eigenvalue weighted by molar-refractivity contribution is 0.275. The van der Waals surface area contributed by atoms with Gasteiger partial charge < -0.3 is 9.16 Å². The minimum absolute atomic E-state index is 0.237. The van der Waals surface area contributed by atoms with Crippen LogP contribution < -0.4 is 4.74 Å². The third-order valence-electron chi connectivity index (χ3n) is 5.44. The fourth-order valence-electron chi connectivity index (χ4n) is 2.42. The second-order valence-electron chi connectivity index (χ2n) is 8.76. The van der Waals surface area contributed by atoms with Crippen molar-refractivity contribution in [1.29, 1.82) is 0 Å². The first-order valence-corrected chi connectivity index (χ1v) is 12.6. The lowest BCUT2D eigenvalue weighted by atomic mass is 10.1.